The van der Waals surface area contributed by atoms with E-state index in [2.05, 4.69) is 89.3 Å². The van der Waals surface area contributed by atoms with Gasteiger partial charge in [0.1, 0.15) is 11.9 Å². The molecule has 2 aromatic carbocycles. The molecule has 0 radical (unpaired) electrons. The molecule has 1 atom stereocenters. The first kappa shape index (κ1) is 17.4. The fraction of sp³-hybridized carbons (Fsp3) is 0.429. The summed E-state index contributed by atoms with van der Waals surface area (Å²) in [4.78, 5) is 0. The maximum atomic E-state index is 6.01. The summed E-state index contributed by atoms with van der Waals surface area (Å²) in [6.45, 7) is 13.8. The normalized spacial score (nSPS) is 12.8. The van der Waals surface area contributed by atoms with Crippen LogP contribution in [0.5, 0.6) is 5.75 Å². The molecule has 0 aromatic heterocycles. The average Bonchev–Trinajstić information content (AvgIpc) is 2.48. The lowest BCUT2D eigenvalue weighted by Gasteiger charge is -2.21. The molecule has 0 saturated carbocycles. The molecule has 23 heavy (non-hydrogen) atoms. The molecule has 0 aliphatic heterocycles. The van der Waals surface area contributed by atoms with Gasteiger partial charge in [0.05, 0.1) is 6.54 Å². The van der Waals surface area contributed by atoms with E-state index in [1.807, 2.05) is 0 Å². The predicted molar refractivity (Wildman–Crippen MR) is 99.6 cm³/mol. The van der Waals surface area contributed by atoms with E-state index in [4.69, 9.17) is 4.74 Å². The smallest absolute Gasteiger partial charge is 0.119 e. The van der Waals surface area contributed by atoms with Gasteiger partial charge in [-0.3, -0.25) is 0 Å². The van der Waals surface area contributed by atoms with Crippen molar-refractivity contribution in [2.24, 2.45) is 0 Å². The molecular formula is C21H29NO. The molecule has 0 spiro atoms. The SMILES string of the molecule is Cc1cccc(NCC(C)Oc2ccc(C(C)(C)C)cc2)c1C. The molecule has 1 unspecified atom stereocenters. The van der Waals surface area contributed by atoms with Crippen LogP contribution >= 0.6 is 0 Å². The Kier molecular flexibility index (Phi) is 5.35. The van der Waals surface area contributed by atoms with Gasteiger partial charge < -0.3 is 10.1 Å². The van der Waals surface area contributed by atoms with Gasteiger partial charge in [-0.15, -0.1) is 0 Å². The zero-order valence-electron chi connectivity index (χ0n) is 15.2. The monoisotopic (exact) mass is 311 g/mol. The minimum absolute atomic E-state index is 0.107. The molecule has 2 nitrogen and oxygen atoms in total. The lowest BCUT2D eigenvalue weighted by molar-refractivity contribution is 0.234. The largest absolute Gasteiger partial charge is 0.489 e. The van der Waals surface area contributed by atoms with E-state index in [9.17, 15) is 0 Å². The van der Waals surface area contributed by atoms with E-state index in [1.165, 1.54) is 22.4 Å². The van der Waals surface area contributed by atoms with Gasteiger partial charge in [-0.25, -0.2) is 0 Å². The lowest BCUT2D eigenvalue weighted by atomic mass is 9.87. The van der Waals surface area contributed by atoms with Crippen LogP contribution in [-0.2, 0) is 5.41 Å². The van der Waals surface area contributed by atoms with Crippen LogP contribution in [-0.4, -0.2) is 12.6 Å². The van der Waals surface area contributed by atoms with E-state index in [0.717, 1.165) is 12.3 Å². The summed E-state index contributed by atoms with van der Waals surface area (Å²) in [6.07, 6.45) is 0.107. The van der Waals surface area contributed by atoms with Gasteiger partial charge in [-0.05, 0) is 61.1 Å². The third kappa shape index (κ3) is 4.75. The van der Waals surface area contributed by atoms with Gasteiger partial charge in [0.15, 0.2) is 0 Å². The van der Waals surface area contributed by atoms with E-state index in [0.29, 0.717) is 0 Å². The summed E-state index contributed by atoms with van der Waals surface area (Å²) >= 11 is 0. The van der Waals surface area contributed by atoms with Crippen molar-refractivity contribution in [2.75, 3.05) is 11.9 Å². The van der Waals surface area contributed by atoms with E-state index in [-0.39, 0.29) is 11.5 Å². The van der Waals surface area contributed by atoms with Crippen LogP contribution in [0.25, 0.3) is 0 Å². The van der Waals surface area contributed by atoms with E-state index >= 15 is 0 Å². The average molecular weight is 311 g/mol. The van der Waals surface area contributed by atoms with E-state index < -0.39 is 0 Å². The van der Waals surface area contributed by atoms with Crippen molar-refractivity contribution in [2.45, 2.75) is 53.1 Å². The number of ether oxygens (including phenoxy) is 1. The molecule has 1 N–H and O–H groups in total. The fourth-order valence-electron chi connectivity index (χ4n) is 2.50. The second kappa shape index (κ2) is 7.08. The zero-order chi connectivity index (χ0) is 17.0. The highest BCUT2D eigenvalue weighted by atomic mass is 16.5. The van der Waals surface area contributed by atoms with Gasteiger partial charge in [-0.2, -0.15) is 0 Å². The van der Waals surface area contributed by atoms with Crippen molar-refractivity contribution in [1.29, 1.82) is 0 Å². The number of aryl methyl sites for hydroxylation is 1. The fourth-order valence-corrected chi connectivity index (χ4v) is 2.50. The van der Waals surface area contributed by atoms with Crippen LogP contribution in [0.15, 0.2) is 42.5 Å². The molecule has 0 aliphatic rings. The standard InChI is InChI=1S/C21H29NO/c1-15-8-7-9-20(17(15)3)22-14-16(2)23-19-12-10-18(11-13-19)21(4,5)6/h7-13,16,22H,14H2,1-6H3. The number of hydrogen-bond acceptors (Lipinski definition) is 2. The van der Waals surface area contributed by atoms with Gasteiger partial charge in [0.25, 0.3) is 0 Å². The molecule has 2 aromatic rings. The maximum absolute atomic E-state index is 6.01. The number of rotatable bonds is 5. The summed E-state index contributed by atoms with van der Waals surface area (Å²) in [6, 6.07) is 14.8. The Morgan fingerprint density at radius 2 is 1.65 bits per heavy atom. The van der Waals surface area contributed by atoms with Crippen LogP contribution in [0.3, 0.4) is 0 Å². The third-order valence-corrected chi connectivity index (χ3v) is 4.24. The second-order valence-electron chi connectivity index (χ2n) is 7.33. The van der Waals surface area contributed by atoms with Crippen LogP contribution in [0, 0.1) is 13.8 Å². The Balaban J connectivity index is 1.92. The number of hydrogen-bond donors (Lipinski definition) is 1. The van der Waals surface area contributed by atoms with Gasteiger partial charge in [-0.1, -0.05) is 45.0 Å². The Hall–Kier alpha value is -1.96. The molecule has 0 bridgehead atoms. The van der Waals surface area contributed by atoms with Crippen LogP contribution in [0.2, 0.25) is 0 Å². The van der Waals surface area contributed by atoms with Crippen molar-refractivity contribution >= 4 is 5.69 Å². The molecule has 2 heteroatoms. The Morgan fingerprint density at radius 3 is 2.26 bits per heavy atom. The highest BCUT2D eigenvalue weighted by Gasteiger charge is 2.13. The molecule has 0 fully saturated rings. The molecule has 0 heterocycles. The first-order valence-corrected chi connectivity index (χ1v) is 8.34. The molecule has 0 saturated heterocycles. The molecule has 2 rings (SSSR count). The highest BCUT2D eigenvalue weighted by Crippen LogP contribution is 2.25. The highest BCUT2D eigenvalue weighted by molar-refractivity contribution is 5.53. The zero-order valence-corrected chi connectivity index (χ0v) is 15.2. The molecule has 124 valence electrons. The molecule has 0 amide bonds. The van der Waals surface area contributed by atoms with Crippen molar-refractivity contribution in [3.8, 4) is 5.75 Å². The summed E-state index contributed by atoms with van der Waals surface area (Å²) in [7, 11) is 0. The van der Waals surface area contributed by atoms with E-state index in [1.54, 1.807) is 0 Å². The third-order valence-electron chi connectivity index (χ3n) is 4.24. The Bertz CT molecular complexity index is 638. The van der Waals surface area contributed by atoms with Crippen molar-refractivity contribution < 1.29 is 4.74 Å². The topological polar surface area (TPSA) is 21.3 Å². The quantitative estimate of drug-likeness (QED) is 0.789. The number of anilines is 1. The molecular weight excluding hydrogens is 282 g/mol. The minimum Gasteiger partial charge on any atom is -0.489 e. The van der Waals surface area contributed by atoms with Crippen LogP contribution in [0.1, 0.15) is 44.4 Å². The summed E-state index contributed by atoms with van der Waals surface area (Å²) in [5, 5.41) is 3.48. The van der Waals surface area contributed by atoms with Crippen molar-refractivity contribution in [3.05, 3.63) is 59.2 Å². The van der Waals surface area contributed by atoms with Gasteiger partial charge in [0, 0.05) is 5.69 Å². The van der Waals surface area contributed by atoms with Gasteiger partial charge >= 0.3 is 0 Å². The predicted octanol–water partition coefficient (Wildman–Crippen LogP) is 5.48. The van der Waals surface area contributed by atoms with Crippen molar-refractivity contribution in [3.63, 3.8) is 0 Å². The minimum atomic E-state index is 0.107. The maximum Gasteiger partial charge on any atom is 0.119 e. The summed E-state index contributed by atoms with van der Waals surface area (Å²) in [5.41, 5.74) is 5.29. The summed E-state index contributed by atoms with van der Waals surface area (Å²) in [5.74, 6) is 0.924. The first-order valence-electron chi connectivity index (χ1n) is 8.34. The Morgan fingerprint density at radius 1 is 1.00 bits per heavy atom. The Labute approximate surface area is 140 Å². The van der Waals surface area contributed by atoms with Crippen LogP contribution in [0.4, 0.5) is 5.69 Å². The number of nitrogens with one attached hydrogen (secondary N) is 1. The number of benzene rings is 2. The lowest BCUT2D eigenvalue weighted by Crippen LogP contribution is -2.23. The first-order chi connectivity index (χ1) is 10.8. The van der Waals surface area contributed by atoms with Gasteiger partial charge in [0.2, 0.25) is 0 Å². The molecule has 0 aliphatic carbocycles. The van der Waals surface area contributed by atoms with Crippen LogP contribution < -0.4 is 10.1 Å². The summed E-state index contributed by atoms with van der Waals surface area (Å²) < 4.78 is 6.01. The van der Waals surface area contributed by atoms with Crippen molar-refractivity contribution in [1.82, 2.24) is 0 Å². The second-order valence-corrected chi connectivity index (χ2v) is 7.33.